The number of guanidine groups is 1. The fourth-order valence-corrected chi connectivity index (χ4v) is 2.84. The first-order valence-corrected chi connectivity index (χ1v) is 8.44. The molecule has 0 aromatic heterocycles. The molecule has 11 N–H and O–H groups in total. The number of carbonyl (C=O) groups is 1. The van der Waals surface area contributed by atoms with Crippen LogP contribution in [0.3, 0.4) is 0 Å². The maximum Gasteiger partial charge on any atom is 0.268 e. The Balaban J connectivity index is 0.00000392. The van der Waals surface area contributed by atoms with E-state index in [-0.39, 0.29) is 52.4 Å². The maximum atomic E-state index is 11.5. The highest BCUT2D eigenvalue weighted by atomic mass is 35.5. The quantitative estimate of drug-likeness (QED) is 0.190. The summed E-state index contributed by atoms with van der Waals surface area (Å²) in [5.74, 6) is -1.63. The lowest BCUT2D eigenvalue weighted by Crippen LogP contribution is -2.50. The molecule has 0 bridgehead atoms. The summed E-state index contributed by atoms with van der Waals surface area (Å²) < 4.78 is 0. The number of hydrogen-bond acceptors (Lipinski definition) is 7. The predicted octanol–water partition coefficient (Wildman–Crippen LogP) is 0.728. The van der Waals surface area contributed by atoms with Gasteiger partial charge < -0.3 is 38.0 Å². The Labute approximate surface area is 172 Å². The molecule has 0 saturated heterocycles. The van der Waals surface area contributed by atoms with Gasteiger partial charge in [-0.25, -0.2) is 4.90 Å². The van der Waals surface area contributed by atoms with Gasteiger partial charge in [-0.3, -0.25) is 10.2 Å². The largest absolute Gasteiger partial charge is 0.508 e. The Bertz CT molecular complexity index is 842. The van der Waals surface area contributed by atoms with Gasteiger partial charge in [0.05, 0.1) is 6.04 Å². The van der Waals surface area contributed by atoms with Gasteiger partial charge in [0.1, 0.15) is 34.0 Å². The number of nitrogens with two attached hydrogens (primary N) is 3. The number of primary amides is 1. The average Bonchev–Trinajstić information content (AvgIpc) is 2.57. The van der Waals surface area contributed by atoms with Crippen LogP contribution in [0.25, 0.3) is 0 Å². The van der Waals surface area contributed by atoms with E-state index in [0.29, 0.717) is 12.0 Å². The molecule has 0 radical (unpaired) electrons. The van der Waals surface area contributed by atoms with Crippen molar-refractivity contribution < 1.29 is 15.0 Å². The molecule has 0 spiro atoms. The Kier molecular flexibility index (Phi) is 7.65. The molecule has 12 heteroatoms. The van der Waals surface area contributed by atoms with Gasteiger partial charge in [-0.15, -0.1) is 12.4 Å². The second kappa shape index (κ2) is 9.29. The standard InChI is InChI=1S/C16H22ClN7O3.ClH/c1-2-3-9(8-5-4-7(25)6-10(8)26)22-16(21)24-13(18)11(15(20)27)23-12(17)14(24)19;/h4-6,9,23,25-26H,2-3,18-19H2,1H3,(H2,20,27)(H2,21,22);1H. The SMILES string of the molecule is CCCC(NC(=N)N1C(N)=C(Cl)NC(C(N)=O)=C1N)c1ccc(O)cc1O.Cl. The average molecular weight is 432 g/mol. The van der Waals surface area contributed by atoms with Gasteiger partial charge in [0.25, 0.3) is 5.91 Å². The molecule has 2 rings (SSSR count). The summed E-state index contributed by atoms with van der Waals surface area (Å²) >= 11 is 5.98. The molecule has 1 amide bonds. The third-order valence-corrected chi connectivity index (χ3v) is 4.23. The topological polar surface area (TPSA) is 187 Å². The van der Waals surface area contributed by atoms with Gasteiger partial charge in [-0.1, -0.05) is 24.9 Å². The molecule has 1 aliphatic heterocycles. The lowest BCUT2D eigenvalue weighted by molar-refractivity contribution is -0.115. The number of nitrogens with zero attached hydrogens (tertiary/aromatic N) is 1. The maximum absolute atomic E-state index is 11.5. The van der Waals surface area contributed by atoms with E-state index in [9.17, 15) is 15.0 Å². The second-order valence-electron chi connectivity index (χ2n) is 5.86. The van der Waals surface area contributed by atoms with Gasteiger partial charge in [-0.05, 0) is 18.6 Å². The molecule has 0 fully saturated rings. The van der Waals surface area contributed by atoms with Crippen LogP contribution in [0.5, 0.6) is 11.5 Å². The Morgan fingerprint density at radius 1 is 1.36 bits per heavy atom. The number of nitrogens with one attached hydrogen (secondary N) is 3. The summed E-state index contributed by atoms with van der Waals surface area (Å²) in [5.41, 5.74) is 17.4. The van der Waals surface area contributed by atoms with Crippen molar-refractivity contribution in [1.82, 2.24) is 15.5 Å². The minimum absolute atomic E-state index is 0. The molecular formula is C16H23Cl2N7O3. The zero-order chi connectivity index (χ0) is 20.3. The van der Waals surface area contributed by atoms with E-state index in [1.54, 1.807) is 6.07 Å². The molecule has 1 aliphatic rings. The Morgan fingerprint density at radius 3 is 2.54 bits per heavy atom. The zero-order valence-electron chi connectivity index (χ0n) is 15.0. The summed E-state index contributed by atoms with van der Waals surface area (Å²) in [6, 6.07) is 3.69. The van der Waals surface area contributed by atoms with Crippen LogP contribution in [-0.4, -0.2) is 27.0 Å². The Hall–Kier alpha value is -2.98. The first-order chi connectivity index (χ1) is 12.7. The fourth-order valence-electron chi connectivity index (χ4n) is 2.66. The number of halogens is 2. The number of phenols is 2. The van der Waals surface area contributed by atoms with Crippen molar-refractivity contribution in [2.24, 2.45) is 17.2 Å². The lowest BCUT2D eigenvalue weighted by atomic mass is 10.0. The Morgan fingerprint density at radius 2 is 2.00 bits per heavy atom. The van der Waals surface area contributed by atoms with Crippen LogP contribution in [0.1, 0.15) is 31.4 Å². The monoisotopic (exact) mass is 431 g/mol. The molecule has 1 unspecified atom stereocenters. The van der Waals surface area contributed by atoms with Gasteiger partial charge >= 0.3 is 0 Å². The van der Waals surface area contributed by atoms with Crippen LogP contribution >= 0.6 is 24.0 Å². The van der Waals surface area contributed by atoms with Crippen molar-refractivity contribution in [2.75, 3.05) is 0 Å². The van der Waals surface area contributed by atoms with Crippen molar-refractivity contribution in [3.8, 4) is 11.5 Å². The minimum Gasteiger partial charge on any atom is -0.508 e. The van der Waals surface area contributed by atoms with Crippen LogP contribution < -0.4 is 27.8 Å². The summed E-state index contributed by atoms with van der Waals surface area (Å²) in [6.45, 7) is 1.94. The molecule has 1 aromatic carbocycles. The third kappa shape index (κ3) is 4.65. The number of aromatic hydroxyl groups is 2. The smallest absolute Gasteiger partial charge is 0.268 e. The van der Waals surface area contributed by atoms with Crippen molar-refractivity contribution in [3.63, 3.8) is 0 Å². The molecule has 1 aromatic rings. The van der Waals surface area contributed by atoms with E-state index in [1.807, 2.05) is 6.92 Å². The van der Waals surface area contributed by atoms with Crippen molar-refractivity contribution in [2.45, 2.75) is 25.8 Å². The van der Waals surface area contributed by atoms with Crippen LogP contribution in [0.4, 0.5) is 0 Å². The van der Waals surface area contributed by atoms with Crippen molar-refractivity contribution >= 4 is 35.9 Å². The normalized spacial score (nSPS) is 14.9. The first kappa shape index (κ1) is 23.1. The number of hydrogen-bond donors (Lipinski definition) is 8. The molecule has 0 aliphatic carbocycles. The van der Waals surface area contributed by atoms with E-state index in [2.05, 4.69) is 10.6 Å². The number of amides is 1. The van der Waals surface area contributed by atoms with E-state index in [4.69, 9.17) is 34.2 Å². The molecule has 0 saturated carbocycles. The summed E-state index contributed by atoms with van der Waals surface area (Å²) in [4.78, 5) is 12.6. The zero-order valence-corrected chi connectivity index (χ0v) is 16.6. The fraction of sp³-hybridized carbons (Fsp3) is 0.250. The highest BCUT2D eigenvalue weighted by molar-refractivity contribution is 6.30. The predicted molar refractivity (Wildman–Crippen MR) is 108 cm³/mol. The van der Waals surface area contributed by atoms with E-state index >= 15 is 0 Å². The third-order valence-electron chi connectivity index (χ3n) is 3.95. The summed E-state index contributed by atoms with van der Waals surface area (Å²) in [7, 11) is 0. The lowest BCUT2D eigenvalue weighted by Gasteiger charge is -2.33. The van der Waals surface area contributed by atoms with E-state index < -0.39 is 11.9 Å². The van der Waals surface area contributed by atoms with E-state index in [0.717, 1.165) is 11.3 Å². The minimum atomic E-state index is -0.864. The highest BCUT2D eigenvalue weighted by Crippen LogP contribution is 2.31. The molecular weight excluding hydrogens is 409 g/mol. The van der Waals surface area contributed by atoms with Gasteiger partial charge in [0.2, 0.25) is 5.96 Å². The van der Waals surface area contributed by atoms with Crippen LogP contribution in [0.2, 0.25) is 0 Å². The van der Waals surface area contributed by atoms with Crippen molar-refractivity contribution in [1.29, 1.82) is 5.41 Å². The van der Waals surface area contributed by atoms with Crippen LogP contribution in [0, 0.1) is 5.41 Å². The van der Waals surface area contributed by atoms with E-state index in [1.165, 1.54) is 12.1 Å². The van der Waals surface area contributed by atoms with Gasteiger partial charge in [0.15, 0.2) is 0 Å². The molecule has 1 atom stereocenters. The number of phenolic OH excluding ortho intramolecular Hbond substituents is 2. The molecule has 154 valence electrons. The molecule has 1 heterocycles. The first-order valence-electron chi connectivity index (χ1n) is 8.06. The summed E-state index contributed by atoms with van der Waals surface area (Å²) in [6.07, 6.45) is 1.28. The number of rotatable bonds is 5. The van der Waals surface area contributed by atoms with Crippen molar-refractivity contribution in [3.05, 3.63) is 46.3 Å². The number of benzene rings is 1. The number of carbonyl (C=O) groups excluding carboxylic acids is 1. The van der Waals surface area contributed by atoms with Gasteiger partial charge in [0, 0.05) is 11.6 Å². The van der Waals surface area contributed by atoms with Crippen LogP contribution in [-0.2, 0) is 4.79 Å². The summed E-state index contributed by atoms with van der Waals surface area (Å²) in [5, 5.41) is 33.2. The highest BCUT2D eigenvalue weighted by Gasteiger charge is 2.30. The molecule has 28 heavy (non-hydrogen) atoms. The molecule has 10 nitrogen and oxygen atoms in total. The second-order valence-corrected chi connectivity index (χ2v) is 6.24. The van der Waals surface area contributed by atoms with Crippen LogP contribution in [0.15, 0.2) is 40.7 Å². The van der Waals surface area contributed by atoms with Gasteiger partial charge in [-0.2, -0.15) is 0 Å².